The Labute approximate surface area is 92.9 Å². The van der Waals surface area contributed by atoms with E-state index in [1.807, 2.05) is 0 Å². The van der Waals surface area contributed by atoms with E-state index in [1.54, 1.807) is 0 Å². The molecule has 3 heteroatoms. The molecule has 0 amide bonds. The lowest BCUT2D eigenvalue weighted by Gasteiger charge is -1.89. The molecule has 2 nitrogen and oxygen atoms in total. The lowest BCUT2D eigenvalue weighted by Crippen LogP contribution is -1.76. The normalized spacial score (nSPS) is 21.1. The van der Waals surface area contributed by atoms with Gasteiger partial charge in [-0.3, -0.25) is 0 Å². The van der Waals surface area contributed by atoms with E-state index < -0.39 is 0 Å². The molecule has 0 aromatic heterocycles. The van der Waals surface area contributed by atoms with Crippen LogP contribution >= 0.6 is 15.9 Å². The minimum absolute atomic E-state index is 0.415. The summed E-state index contributed by atoms with van der Waals surface area (Å²) in [6.07, 6.45) is 3.76. The van der Waals surface area contributed by atoms with Gasteiger partial charge in [-0.05, 0) is 17.2 Å². The molecular weight excluding hydrogens is 242 g/mol. The maximum absolute atomic E-state index is 10.2. The van der Waals surface area contributed by atoms with Crippen molar-refractivity contribution in [3.05, 3.63) is 38.9 Å². The summed E-state index contributed by atoms with van der Waals surface area (Å²) in [5.74, 6) is 0.477. The van der Waals surface area contributed by atoms with Crippen LogP contribution in [0.15, 0.2) is 39.2 Å². The molecule has 0 unspecified atom stereocenters. The van der Waals surface area contributed by atoms with Gasteiger partial charge in [-0.2, -0.15) is 0 Å². The molecule has 0 aliphatic heterocycles. The highest BCUT2D eigenvalue weighted by atomic mass is 79.9. The number of hydrogen-bond donors (Lipinski definition) is 0. The van der Waals surface area contributed by atoms with Crippen molar-refractivity contribution < 1.29 is 0 Å². The third-order valence-corrected chi connectivity index (χ3v) is 3.13. The summed E-state index contributed by atoms with van der Waals surface area (Å²) < 4.78 is 1.15. The van der Waals surface area contributed by atoms with E-state index in [0.717, 1.165) is 10.9 Å². The lowest BCUT2D eigenvalue weighted by atomic mass is 10.2. The zero-order valence-electron chi connectivity index (χ0n) is 8.51. The minimum Gasteiger partial charge on any atom is -0.145 e. The van der Waals surface area contributed by atoms with E-state index >= 15 is 0 Å². The maximum Gasteiger partial charge on any atom is 0.0818 e. The lowest BCUT2D eigenvalue weighted by molar-refractivity contribution is 0.953. The highest BCUT2D eigenvalue weighted by Crippen LogP contribution is 2.48. The van der Waals surface area contributed by atoms with E-state index in [4.69, 9.17) is 0 Å². The smallest absolute Gasteiger partial charge is 0.0818 e. The van der Waals surface area contributed by atoms with Crippen LogP contribution in [-0.4, -0.2) is 0 Å². The third-order valence-electron chi connectivity index (χ3n) is 2.38. The molecule has 14 heavy (non-hydrogen) atoms. The Kier molecular flexibility index (Phi) is 3.81. The number of rotatable bonds is 5. The van der Waals surface area contributed by atoms with E-state index in [2.05, 4.69) is 47.6 Å². The summed E-state index contributed by atoms with van der Waals surface area (Å²) in [5, 5.41) is 2.83. The molecule has 1 rings (SSSR count). The molecular formula is C11H14BrNO. The molecule has 1 aliphatic rings. The van der Waals surface area contributed by atoms with Crippen LogP contribution in [0, 0.1) is 10.8 Å². The second-order valence-corrected chi connectivity index (χ2v) is 4.31. The fourth-order valence-corrected chi connectivity index (χ4v) is 2.47. The summed E-state index contributed by atoms with van der Waals surface area (Å²) >= 11 is 3.52. The van der Waals surface area contributed by atoms with Gasteiger partial charge in [0, 0.05) is 16.8 Å². The average Bonchev–Trinajstić information content (AvgIpc) is 2.77. The van der Waals surface area contributed by atoms with E-state index in [0.29, 0.717) is 18.0 Å². The number of hydrogen-bond acceptors (Lipinski definition) is 2. The van der Waals surface area contributed by atoms with Gasteiger partial charge in [0.15, 0.2) is 0 Å². The second kappa shape index (κ2) is 4.69. The zero-order chi connectivity index (χ0) is 10.7. The van der Waals surface area contributed by atoms with Crippen molar-refractivity contribution in [3.8, 4) is 0 Å². The Balaban J connectivity index is 2.67. The van der Waals surface area contributed by atoms with E-state index in [-0.39, 0.29) is 0 Å². The van der Waals surface area contributed by atoms with E-state index in [9.17, 15) is 4.91 Å². The molecule has 76 valence electrons. The van der Waals surface area contributed by atoms with Crippen LogP contribution in [0.25, 0.3) is 0 Å². The molecule has 0 aromatic rings. The van der Waals surface area contributed by atoms with Gasteiger partial charge < -0.3 is 0 Å². The van der Waals surface area contributed by atoms with Crippen molar-refractivity contribution in [1.29, 1.82) is 0 Å². The van der Waals surface area contributed by atoms with Crippen molar-refractivity contribution in [3.63, 3.8) is 0 Å². The first-order valence-corrected chi connectivity index (χ1v) is 5.51. The molecule has 0 bridgehead atoms. The summed E-state index contributed by atoms with van der Waals surface area (Å²) in [4.78, 5) is 10.2. The molecule has 1 atom stereocenters. The molecule has 0 fully saturated rings. The van der Waals surface area contributed by atoms with Gasteiger partial charge in [-0.15, -0.1) is 4.91 Å². The number of nitroso groups, excluding NO2 is 1. The van der Waals surface area contributed by atoms with Gasteiger partial charge in [0.1, 0.15) is 0 Å². The first-order chi connectivity index (χ1) is 6.61. The zero-order valence-corrected chi connectivity index (χ0v) is 10.1. The van der Waals surface area contributed by atoms with Crippen LogP contribution < -0.4 is 0 Å². The van der Waals surface area contributed by atoms with E-state index in [1.165, 1.54) is 11.1 Å². The molecule has 0 saturated heterocycles. The minimum atomic E-state index is 0.415. The molecule has 0 aromatic carbocycles. The average molecular weight is 256 g/mol. The molecule has 0 radical (unpaired) electrons. The number of allylic oxidation sites excluding steroid dienone is 4. The van der Waals surface area contributed by atoms with Gasteiger partial charge in [0.05, 0.1) is 5.70 Å². The highest BCUT2D eigenvalue weighted by Gasteiger charge is 2.33. The monoisotopic (exact) mass is 255 g/mol. The van der Waals surface area contributed by atoms with Crippen LogP contribution in [-0.2, 0) is 0 Å². The predicted molar refractivity (Wildman–Crippen MR) is 63.0 cm³/mol. The Morgan fingerprint density at radius 1 is 1.71 bits per heavy atom. The topological polar surface area (TPSA) is 29.4 Å². The quantitative estimate of drug-likeness (QED) is 0.674. The molecule has 0 heterocycles. The van der Waals surface area contributed by atoms with Crippen LogP contribution in [0.2, 0.25) is 0 Å². The Hall–Kier alpha value is -0.700. The van der Waals surface area contributed by atoms with Crippen LogP contribution in [0.5, 0.6) is 0 Å². The molecule has 1 aliphatic carbocycles. The summed E-state index contributed by atoms with van der Waals surface area (Å²) in [6, 6.07) is 0. The standard InChI is InChI=1S/C11H14BrNO/c1-4-5-10(12)11-8(3)9(11)6-7(2)13-14/h5,8H,2,4,6H2,1,3H3/b10-5+/t8-/m1/s1. The molecule has 0 saturated carbocycles. The van der Waals surface area contributed by atoms with Gasteiger partial charge in [0.2, 0.25) is 0 Å². The van der Waals surface area contributed by atoms with Crippen molar-refractivity contribution in [2.45, 2.75) is 26.7 Å². The van der Waals surface area contributed by atoms with Gasteiger partial charge in [-0.25, -0.2) is 0 Å². The first kappa shape index (κ1) is 11.4. The molecule has 0 spiro atoms. The van der Waals surface area contributed by atoms with Crippen LogP contribution in [0.1, 0.15) is 26.7 Å². The Bertz CT molecular complexity index is 328. The van der Waals surface area contributed by atoms with Crippen molar-refractivity contribution in [2.75, 3.05) is 0 Å². The largest absolute Gasteiger partial charge is 0.145 e. The van der Waals surface area contributed by atoms with Crippen LogP contribution in [0.3, 0.4) is 0 Å². The predicted octanol–water partition coefficient (Wildman–Crippen LogP) is 4.29. The maximum atomic E-state index is 10.2. The van der Waals surface area contributed by atoms with Gasteiger partial charge in [-0.1, -0.05) is 48.0 Å². The number of halogens is 1. The highest BCUT2D eigenvalue weighted by molar-refractivity contribution is 9.12. The summed E-state index contributed by atoms with van der Waals surface area (Å²) in [6.45, 7) is 7.81. The first-order valence-electron chi connectivity index (χ1n) is 4.71. The Morgan fingerprint density at radius 2 is 2.36 bits per heavy atom. The summed E-state index contributed by atoms with van der Waals surface area (Å²) in [7, 11) is 0. The second-order valence-electron chi connectivity index (χ2n) is 3.46. The van der Waals surface area contributed by atoms with Crippen molar-refractivity contribution >= 4 is 15.9 Å². The van der Waals surface area contributed by atoms with Crippen molar-refractivity contribution in [1.82, 2.24) is 0 Å². The third kappa shape index (κ3) is 2.41. The van der Waals surface area contributed by atoms with Crippen LogP contribution in [0.4, 0.5) is 0 Å². The molecule has 0 N–H and O–H groups in total. The fourth-order valence-electron chi connectivity index (χ4n) is 1.55. The SMILES string of the molecule is C=C(CC1=C(/C(Br)=C\CC)[C@@H]1C)N=O. The van der Waals surface area contributed by atoms with Crippen molar-refractivity contribution in [2.24, 2.45) is 11.1 Å². The van der Waals surface area contributed by atoms with Gasteiger partial charge in [0.25, 0.3) is 0 Å². The number of nitrogens with zero attached hydrogens (tertiary/aromatic N) is 1. The Morgan fingerprint density at radius 3 is 2.86 bits per heavy atom. The fraction of sp³-hybridized carbons (Fsp3) is 0.455. The summed E-state index contributed by atoms with van der Waals surface area (Å²) in [5.41, 5.74) is 3.02. The van der Waals surface area contributed by atoms with Gasteiger partial charge >= 0.3 is 0 Å².